The summed E-state index contributed by atoms with van der Waals surface area (Å²) in [5.41, 5.74) is -0.283. The molecule has 0 aliphatic carbocycles. The van der Waals surface area contributed by atoms with E-state index < -0.39 is 49.1 Å². The first-order valence-corrected chi connectivity index (χ1v) is 11.8. The van der Waals surface area contributed by atoms with Crippen LogP contribution in [0.3, 0.4) is 0 Å². The molecule has 0 radical (unpaired) electrons. The number of nitriles is 1. The van der Waals surface area contributed by atoms with Crippen molar-refractivity contribution in [2.45, 2.75) is 56.6 Å². The normalized spacial score (nSPS) is 20.8. The van der Waals surface area contributed by atoms with E-state index in [1.165, 1.54) is 11.0 Å². The highest BCUT2D eigenvalue weighted by molar-refractivity contribution is 6.43. The Morgan fingerprint density at radius 2 is 2.03 bits per heavy atom. The second-order valence-electron chi connectivity index (χ2n) is 9.74. The van der Waals surface area contributed by atoms with E-state index in [0.717, 1.165) is 5.56 Å². The summed E-state index contributed by atoms with van der Waals surface area (Å²) in [5, 5.41) is 31.2. The molecule has 9 nitrogen and oxygen atoms in total. The van der Waals surface area contributed by atoms with E-state index in [0.29, 0.717) is 13.0 Å². The van der Waals surface area contributed by atoms with Crippen LogP contribution < -0.4 is 5.32 Å². The van der Waals surface area contributed by atoms with Crippen LogP contribution in [0.4, 0.5) is 13.6 Å². The van der Waals surface area contributed by atoms with Gasteiger partial charge >= 0.3 is 13.2 Å². The van der Waals surface area contributed by atoms with Crippen LogP contribution in [0.1, 0.15) is 32.3 Å². The van der Waals surface area contributed by atoms with Crippen LogP contribution in [-0.2, 0) is 16.0 Å². The highest BCUT2D eigenvalue weighted by atomic mass is 19.3. The van der Waals surface area contributed by atoms with Gasteiger partial charge in [-0.05, 0) is 38.3 Å². The van der Waals surface area contributed by atoms with Gasteiger partial charge in [-0.1, -0.05) is 30.3 Å². The second-order valence-corrected chi connectivity index (χ2v) is 9.74. The molecule has 2 amide bonds. The lowest BCUT2D eigenvalue weighted by molar-refractivity contribution is -0.135. The van der Waals surface area contributed by atoms with E-state index in [1.807, 2.05) is 12.1 Å². The maximum atomic E-state index is 13.7. The number of carbonyl (C=O) groups is 2. The average molecular weight is 504 g/mol. The molecule has 2 heterocycles. The number of ether oxygens (including phenoxy) is 1. The fourth-order valence-electron chi connectivity index (χ4n) is 4.31. The van der Waals surface area contributed by atoms with Gasteiger partial charge in [-0.3, -0.25) is 9.69 Å². The molecule has 2 aliphatic rings. The van der Waals surface area contributed by atoms with Gasteiger partial charge in [0, 0.05) is 25.0 Å². The number of likely N-dealkylation sites (tertiary alicyclic amines) is 2. The standard InChI is InChI=1S/C24H31BF2N4O5/c1-23(2,30-11-9-24(26,27)16-30)13-18(14-28)21(32)31-10-8-19(31)15-36-22(33)29-20(25(34)35)12-17-6-4-3-5-7-17/h3-7,13,19-20,34-35H,8-12,15-16H2,1-2H3,(H,29,33)/b18-13+/t19-,20+/m1/s1. The molecule has 1 aromatic carbocycles. The van der Waals surface area contributed by atoms with Gasteiger partial charge in [-0.2, -0.15) is 5.26 Å². The predicted octanol–water partition coefficient (Wildman–Crippen LogP) is 1.51. The molecule has 12 heteroatoms. The minimum absolute atomic E-state index is 0.141. The molecule has 0 spiro atoms. The van der Waals surface area contributed by atoms with Crippen molar-refractivity contribution >= 4 is 19.1 Å². The van der Waals surface area contributed by atoms with E-state index in [1.54, 1.807) is 43.0 Å². The molecule has 0 aromatic heterocycles. The molecular formula is C24H31BF2N4O5. The molecule has 0 bridgehead atoms. The van der Waals surface area contributed by atoms with Crippen LogP contribution >= 0.6 is 0 Å². The number of hydrogen-bond donors (Lipinski definition) is 3. The minimum atomic E-state index is -2.80. The third-order valence-electron chi connectivity index (χ3n) is 6.61. The first-order valence-electron chi connectivity index (χ1n) is 11.8. The fraction of sp³-hybridized carbons (Fsp3) is 0.542. The van der Waals surface area contributed by atoms with Crippen molar-refractivity contribution < 1.29 is 33.2 Å². The lowest BCUT2D eigenvalue weighted by Crippen LogP contribution is -2.55. The molecule has 2 atom stereocenters. The Balaban J connectivity index is 1.55. The largest absolute Gasteiger partial charge is 0.475 e. The SMILES string of the molecule is CC(C)(/C=C(\C#N)C(=O)N1CC[C@@H]1COC(=O)N[C@@H](Cc1ccccc1)B(O)O)N1CCC(F)(F)C1. The summed E-state index contributed by atoms with van der Waals surface area (Å²) < 4.78 is 32.5. The van der Waals surface area contributed by atoms with Crippen molar-refractivity contribution in [3.8, 4) is 6.07 Å². The zero-order valence-electron chi connectivity index (χ0n) is 20.4. The average Bonchev–Trinajstić information content (AvgIpc) is 3.17. The Kier molecular flexibility index (Phi) is 8.71. The number of halogens is 2. The molecule has 1 aromatic rings. The van der Waals surface area contributed by atoms with Gasteiger partial charge in [-0.25, -0.2) is 13.6 Å². The molecule has 2 saturated heterocycles. The summed E-state index contributed by atoms with van der Waals surface area (Å²) in [6.45, 7) is 3.31. The molecule has 194 valence electrons. The van der Waals surface area contributed by atoms with E-state index in [-0.39, 0.29) is 31.6 Å². The molecule has 3 N–H and O–H groups in total. The number of nitrogens with one attached hydrogen (secondary N) is 1. The van der Waals surface area contributed by atoms with Crippen LogP contribution in [0.25, 0.3) is 0 Å². The molecule has 3 rings (SSSR count). The van der Waals surface area contributed by atoms with Crippen LogP contribution in [0.5, 0.6) is 0 Å². The van der Waals surface area contributed by atoms with E-state index in [9.17, 15) is 33.7 Å². The Bertz CT molecular complexity index is 1020. The van der Waals surface area contributed by atoms with Gasteiger partial charge in [0.25, 0.3) is 11.8 Å². The molecule has 2 fully saturated rings. The van der Waals surface area contributed by atoms with Crippen molar-refractivity contribution in [2.24, 2.45) is 0 Å². The van der Waals surface area contributed by atoms with Crippen LogP contribution in [0.15, 0.2) is 42.0 Å². The number of nitrogens with zero attached hydrogens (tertiary/aromatic N) is 3. The zero-order chi connectivity index (χ0) is 26.5. The summed E-state index contributed by atoms with van der Waals surface area (Å²) in [7, 11) is -1.80. The Hall–Kier alpha value is -3.01. The molecule has 2 aliphatic heterocycles. The summed E-state index contributed by atoms with van der Waals surface area (Å²) >= 11 is 0. The fourth-order valence-corrected chi connectivity index (χ4v) is 4.31. The lowest BCUT2D eigenvalue weighted by Gasteiger charge is -2.41. The van der Waals surface area contributed by atoms with Gasteiger partial charge < -0.3 is 25.0 Å². The summed E-state index contributed by atoms with van der Waals surface area (Å²) in [6, 6.07) is 10.4. The van der Waals surface area contributed by atoms with E-state index >= 15 is 0 Å². The predicted molar refractivity (Wildman–Crippen MR) is 128 cm³/mol. The Morgan fingerprint density at radius 1 is 1.33 bits per heavy atom. The molecule has 0 unspecified atom stereocenters. The van der Waals surface area contributed by atoms with Gasteiger partial charge in [0.05, 0.1) is 18.5 Å². The first kappa shape index (κ1) is 27.6. The van der Waals surface area contributed by atoms with Crippen molar-refractivity contribution in [3.05, 3.63) is 47.5 Å². The van der Waals surface area contributed by atoms with Gasteiger partial charge in [0.2, 0.25) is 0 Å². The highest BCUT2D eigenvalue weighted by Gasteiger charge is 2.44. The maximum Gasteiger partial charge on any atom is 0.475 e. The van der Waals surface area contributed by atoms with Crippen molar-refractivity contribution in [1.29, 1.82) is 5.26 Å². The van der Waals surface area contributed by atoms with Gasteiger partial charge in [-0.15, -0.1) is 0 Å². The Morgan fingerprint density at radius 3 is 2.56 bits per heavy atom. The van der Waals surface area contributed by atoms with E-state index in [2.05, 4.69) is 5.32 Å². The first-order chi connectivity index (χ1) is 16.9. The molecule has 0 saturated carbocycles. The maximum absolute atomic E-state index is 13.7. The number of alkyl halides is 2. The van der Waals surface area contributed by atoms with Gasteiger partial charge in [0.15, 0.2) is 0 Å². The molecular weight excluding hydrogens is 473 g/mol. The highest BCUT2D eigenvalue weighted by Crippen LogP contribution is 2.33. The number of amides is 2. The van der Waals surface area contributed by atoms with Crippen molar-refractivity contribution in [1.82, 2.24) is 15.1 Å². The lowest BCUT2D eigenvalue weighted by atomic mass is 9.76. The number of carbonyl (C=O) groups excluding carboxylic acids is 2. The summed E-state index contributed by atoms with van der Waals surface area (Å²) in [4.78, 5) is 28.1. The number of alkyl carbamates (subject to hydrolysis) is 1. The number of rotatable bonds is 9. The number of benzene rings is 1. The monoisotopic (exact) mass is 504 g/mol. The Labute approximate surface area is 209 Å². The number of hydrogen-bond acceptors (Lipinski definition) is 7. The topological polar surface area (TPSA) is 126 Å². The smallest absolute Gasteiger partial charge is 0.447 e. The van der Waals surface area contributed by atoms with Crippen molar-refractivity contribution in [3.63, 3.8) is 0 Å². The quantitative estimate of drug-likeness (QED) is 0.265. The third-order valence-corrected chi connectivity index (χ3v) is 6.61. The van der Waals surface area contributed by atoms with Crippen LogP contribution in [0, 0.1) is 11.3 Å². The second kappa shape index (κ2) is 11.4. The van der Waals surface area contributed by atoms with Crippen molar-refractivity contribution in [2.75, 3.05) is 26.2 Å². The summed E-state index contributed by atoms with van der Waals surface area (Å²) in [6.07, 6.45) is 1.01. The van der Waals surface area contributed by atoms with Gasteiger partial charge in [0.1, 0.15) is 18.2 Å². The van der Waals surface area contributed by atoms with Crippen LogP contribution in [0.2, 0.25) is 0 Å². The minimum Gasteiger partial charge on any atom is -0.447 e. The zero-order valence-corrected chi connectivity index (χ0v) is 20.4. The molecule has 36 heavy (non-hydrogen) atoms. The van der Waals surface area contributed by atoms with Crippen LogP contribution in [-0.4, -0.2) is 88.7 Å². The third kappa shape index (κ3) is 7.03. The summed E-state index contributed by atoms with van der Waals surface area (Å²) in [5.74, 6) is -4.34. The van der Waals surface area contributed by atoms with E-state index in [4.69, 9.17) is 4.74 Å².